The largest absolute Gasteiger partial charge is 0.481 e. The standard InChI is InChI=1S/C28H32N8O4/c29-10-5-22(37)36-11-6-17(7-12-36)24-32-21-16-30-34-26(38)23(21)25(33-24)31-18-1-3-19(4-2-18)35-13-8-28(9-14-35)15-20(28)27(39)40/h1-4,16-17,20,22,37H,5-9,11-15H2,(H,34,38)(H,39,40)(H,31,32,33). The fraction of sp³-hybridized carbons (Fsp3) is 0.500. The van der Waals surface area contributed by atoms with E-state index in [1.807, 2.05) is 35.2 Å². The number of carboxylic acid groups (broad SMARTS) is 1. The van der Waals surface area contributed by atoms with Crippen LogP contribution in [0.5, 0.6) is 0 Å². The van der Waals surface area contributed by atoms with Crippen LogP contribution >= 0.6 is 0 Å². The maximum atomic E-state index is 12.7. The lowest BCUT2D eigenvalue weighted by atomic mass is 9.90. The van der Waals surface area contributed by atoms with Crippen molar-refractivity contribution in [2.75, 3.05) is 36.4 Å². The van der Waals surface area contributed by atoms with Gasteiger partial charge in [-0.25, -0.2) is 15.1 Å². The topological polar surface area (TPSA) is 171 Å². The average molecular weight is 545 g/mol. The SMILES string of the molecule is N#CCC(O)N1CCC(c2nc(Nc3ccc(N4CCC5(CC4)CC5C(=O)O)cc3)c3c(=O)[nH]ncc3n2)CC1. The summed E-state index contributed by atoms with van der Waals surface area (Å²) < 4.78 is 0. The van der Waals surface area contributed by atoms with Gasteiger partial charge in [0.25, 0.3) is 5.56 Å². The van der Waals surface area contributed by atoms with E-state index in [2.05, 4.69) is 25.4 Å². The number of nitriles is 1. The van der Waals surface area contributed by atoms with E-state index in [4.69, 9.17) is 10.2 Å². The number of hydrogen-bond donors (Lipinski definition) is 4. The summed E-state index contributed by atoms with van der Waals surface area (Å²) in [6.07, 6.45) is 4.87. The second-order valence-electron chi connectivity index (χ2n) is 11.2. The van der Waals surface area contributed by atoms with Gasteiger partial charge in [0, 0.05) is 43.5 Å². The minimum absolute atomic E-state index is 0.00935. The first-order chi connectivity index (χ1) is 19.4. The number of fused-ring (bicyclic) bond motifs is 1. The summed E-state index contributed by atoms with van der Waals surface area (Å²) in [6.45, 7) is 2.93. The molecule has 6 rings (SSSR count). The molecule has 0 amide bonds. The molecule has 2 aliphatic heterocycles. The molecule has 12 nitrogen and oxygen atoms in total. The Morgan fingerprint density at radius 1 is 1.18 bits per heavy atom. The molecule has 4 N–H and O–H groups in total. The van der Waals surface area contributed by atoms with Crippen molar-refractivity contribution >= 4 is 34.1 Å². The number of benzene rings is 1. The highest BCUT2D eigenvalue weighted by molar-refractivity contribution is 5.89. The van der Waals surface area contributed by atoms with Crippen LogP contribution in [0.3, 0.4) is 0 Å². The molecule has 2 atom stereocenters. The molecule has 1 aliphatic carbocycles. The number of likely N-dealkylation sites (tertiary alicyclic amines) is 1. The van der Waals surface area contributed by atoms with Gasteiger partial charge >= 0.3 is 5.97 Å². The first-order valence-corrected chi connectivity index (χ1v) is 13.8. The molecule has 2 unspecified atom stereocenters. The highest BCUT2D eigenvalue weighted by atomic mass is 16.4. The van der Waals surface area contributed by atoms with Crippen molar-refractivity contribution in [3.8, 4) is 6.07 Å². The van der Waals surface area contributed by atoms with E-state index in [0.29, 0.717) is 35.6 Å². The molecule has 3 aromatic rings. The van der Waals surface area contributed by atoms with Gasteiger partial charge in [0.15, 0.2) is 0 Å². The molecule has 2 saturated heterocycles. The predicted octanol–water partition coefficient (Wildman–Crippen LogP) is 2.56. The lowest BCUT2D eigenvalue weighted by Crippen LogP contribution is -2.41. The van der Waals surface area contributed by atoms with Crippen LogP contribution in [-0.4, -0.2) is 73.7 Å². The van der Waals surface area contributed by atoms with Crippen LogP contribution in [0.4, 0.5) is 17.2 Å². The molecule has 1 aromatic carbocycles. The number of anilines is 3. The third kappa shape index (κ3) is 4.98. The monoisotopic (exact) mass is 544 g/mol. The van der Waals surface area contributed by atoms with E-state index in [-0.39, 0.29) is 29.2 Å². The normalized spacial score (nSPS) is 21.7. The molecule has 12 heteroatoms. The number of rotatable bonds is 7. The number of nitrogens with one attached hydrogen (secondary N) is 2. The molecule has 1 spiro atoms. The maximum Gasteiger partial charge on any atom is 0.307 e. The highest BCUT2D eigenvalue weighted by Crippen LogP contribution is 2.59. The van der Waals surface area contributed by atoms with Crippen LogP contribution in [0.1, 0.15) is 50.3 Å². The van der Waals surface area contributed by atoms with Crippen molar-refractivity contribution in [3.63, 3.8) is 0 Å². The van der Waals surface area contributed by atoms with E-state index in [1.54, 1.807) is 0 Å². The summed E-state index contributed by atoms with van der Waals surface area (Å²) in [6, 6.07) is 9.97. The molecule has 3 aliphatic rings. The second-order valence-corrected chi connectivity index (χ2v) is 11.2. The van der Waals surface area contributed by atoms with E-state index in [1.165, 1.54) is 6.20 Å². The Hall–Kier alpha value is -4.08. The maximum absolute atomic E-state index is 12.7. The number of aliphatic hydroxyl groups is 1. The second kappa shape index (κ2) is 10.5. The Bertz CT molecular complexity index is 1500. The van der Waals surface area contributed by atoms with Crippen molar-refractivity contribution in [2.24, 2.45) is 11.3 Å². The Kier molecular flexibility index (Phi) is 6.85. The zero-order chi connectivity index (χ0) is 27.9. The molecular weight excluding hydrogens is 512 g/mol. The molecule has 0 bridgehead atoms. The highest BCUT2D eigenvalue weighted by Gasteiger charge is 2.58. The van der Waals surface area contributed by atoms with Crippen LogP contribution in [0.25, 0.3) is 10.9 Å². The van der Waals surface area contributed by atoms with Crippen molar-refractivity contribution < 1.29 is 15.0 Å². The van der Waals surface area contributed by atoms with Crippen LogP contribution < -0.4 is 15.8 Å². The summed E-state index contributed by atoms with van der Waals surface area (Å²) in [5.74, 6) is 0.229. The number of nitrogens with zero attached hydrogens (tertiary/aromatic N) is 6. The minimum atomic E-state index is -0.771. The number of hydrogen-bond acceptors (Lipinski definition) is 10. The Labute approximate surface area is 230 Å². The van der Waals surface area contributed by atoms with Crippen molar-refractivity contribution in [1.82, 2.24) is 25.1 Å². The summed E-state index contributed by atoms with van der Waals surface area (Å²) in [7, 11) is 0. The van der Waals surface area contributed by atoms with Gasteiger partial charge in [-0.1, -0.05) is 0 Å². The molecule has 0 radical (unpaired) electrons. The Balaban J connectivity index is 1.18. The van der Waals surface area contributed by atoms with E-state index >= 15 is 0 Å². The van der Waals surface area contributed by atoms with E-state index in [0.717, 1.165) is 56.6 Å². The summed E-state index contributed by atoms with van der Waals surface area (Å²) in [4.78, 5) is 37.7. The lowest BCUT2D eigenvalue weighted by Gasteiger charge is -2.34. The van der Waals surface area contributed by atoms with Gasteiger partial charge in [-0.3, -0.25) is 14.5 Å². The van der Waals surface area contributed by atoms with Crippen LogP contribution in [0, 0.1) is 22.7 Å². The van der Waals surface area contributed by atoms with Gasteiger partial charge in [-0.15, -0.1) is 0 Å². The first kappa shape index (κ1) is 26.2. The Morgan fingerprint density at radius 3 is 2.55 bits per heavy atom. The molecule has 3 fully saturated rings. The summed E-state index contributed by atoms with van der Waals surface area (Å²) >= 11 is 0. The van der Waals surface area contributed by atoms with Gasteiger partial charge < -0.3 is 20.4 Å². The van der Waals surface area contributed by atoms with Gasteiger partial charge in [0.2, 0.25) is 0 Å². The van der Waals surface area contributed by atoms with E-state index < -0.39 is 12.2 Å². The Morgan fingerprint density at radius 2 is 1.90 bits per heavy atom. The van der Waals surface area contributed by atoms with Crippen molar-refractivity contribution in [2.45, 2.75) is 50.7 Å². The number of carboxylic acids is 1. The van der Waals surface area contributed by atoms with Crippen LogP contribution in [0.15, 0.2) is 35.3 Å². The first-order valence-electron chi connectivity index (χ1n) is 13.8. The van der Waals surface area contributed by atoms with Gasteiger partial charge in [-0.2, -0.15) is 10.4 Å². The zero-order valence-electron chi connectivity index (χ0n) is 22.1. The third-order valence-corrected chi connectivity index (χ3v) is 8.87. The smallest absolute Gasteiger partial charge is 0.307 e. The number of aliphatic carboxylic acids is 1. The molecule has 1 saturated carbocycles. The predicted molar refractivity (Wildman–Crippen MR) is 147 cm³/mol. The number of aliphatic hydroxyl groups excluding tert-OH is 1. The number of carbonyl (C=O) groups is 1. The van der Waals surface area contributed by atoms with Crippen molar-refractivity contribution in [3.05, 3.63) is 46.6 Å². The summed E-state index contributed by atoms with van der Waals surface area (Å²) in [5.41, 5.74) is 1.93. The van der Waals surface area contributed by atoms with Gasteiger partial charge in [-0.05, 0) is 61.8 Å². The molecular formula is C28H32N8O4. The molecule has 2 aromatic heterocycles. The van der Waals surface area contributed by atoms with Gasteiger partial charge in [0.1, 0.15) is 28.8 Å². The fourth-order valence-corrected chi connectivity index (χ4v) is 6.31. The van der Waals surface area contributed by atoms with Crippen LogP contribution in [-0.2, 0) is 4.79 Å². The number of H-pyrrole nitrogens is 1. The van der Waals surface area contributed by atoms with Crippen LogP contribution in [0.2, 0.25) is 0 Å². The zero-order valence-corrected chi connectivity index (χ0v) is 22.1. The fourth-order valence-electron chi connectivity index (χ4n) is 6.31. The molecule has 4 heterocycles. The minimum Gasteiger partial charge on any atom is -0.481 e. The third-order valence-electron chi connectivity index (χ3n) is 8.87. The van der Waals surface area contributed by atoms with Gasteiger partial charge in [0.05, 0.1) is 24.6 Å². The quantitative estimate of drug-likeness (QED) is 0.344. The number of piperidine rings is 2. The van der Waals surface area contributed by atoms with E-state index in [9.17, 15) is 19.8 Å². The lowest BCUT2D eigenvalue weighted by molar-refractivity contribution is -0.139. The number of aromatic nitrogens is 4. The average Bonchev–Trinajstić information content (AvgIpc) is 3.67. The number of aromatic amines is 1. The molecule has 40 heavy (non-hydrogen) atoms. The molecule has 208 valence electrons. The summed E-state index contributed by atoms with van der Waals surface area (Å²) in [5, 5.41) is 38.4. The van der Waals surface area contributed by atoms with Crippen molar-refractivity contribution in [1.29, 1.82) is 5.26 Å².